The molecule has 10 N–H and O–H groups in total. The summed E-state index contributed by atoms with van der Waals surface area (Å²) in [5, 5.41) is 73.6. The van der Waals surface area contributed by atoms with Crippen LogP contribution in [0, 0.1) is 47.3 Å². The molecule has 18 unspecified atom stereocenters. The summed E-state index contributed by atoms with van der Waals surface area (Å²) >= 11 is 0. The van der Waals surface area contributed by atoms with Crippen molar-refractivity contribution in [2.24, 2.45) is 47.3 Å². The molecule has 23 heteroatoms. The number of hydrogen-bond acceptors (Lipinski definition) is 18. The SMILES string of the molecule is O=C([O-])CN(c1ccc(O)cc1)S(=O)(=O)C1CCC2C3NC4NC(NC5NC(NC6NC(NC(N3)C2C1S(=O)(=O)N(CC(=O)[O-])c1ccc(O)cc1)C1CCCCC61)C1CCCCC51)C1CCCCC41.[Co+2]. The van der Waals surface area contributed by atoms with E-state index in [9.17, 15) is 30.0 Å². The van der Waals surface area contributed by atoms with Crippen LogP contribution < -0.4 is 61.4 Å². The first-order chi connectivity index (χ1) is 33.6. The number of carbonyl (C=O) groups excluding carboxylic acids is 2. The number of rotatable bonds is 10. The molecule has 9 aliphatic rings. The molecule has 4 aliphatic carbocycles. The summed E-state index contributed by atoms with van der Waals surface area (Å²) in [6.07, 6.45) is 11.1. The third kappa shape index (κ3) is 9.57. The van der Waals surface area contributed by atoms with Crippen LogP contribution in [0.1, 0.15) is 89.9 Å². The van der Waals surface area contributed by atoms with E-state index < -0.39 is 79.7 Å². The van der Waals surface area contributed by atoms with Gasteiger partial charge in [0.05, 0.1) is 91.0 Å². The molecule has 0 aromatic heterocycles. The van der Waals surface area contributed by atoms with Gasteiger partial charge in [0.2, 0.25) is 20.0 Å². The van der Waals surface area contributed by atoms with Gasteiger partial charge in [0.1, 0.15) is 16.7 Å². The number of nitrogens with zero attached hydrogens (tertiary/aromatic N) is 2. The molecule has 1 radical (unpaired) electrons. The number of nitrogens with one attached hydrogen (secondary N) is 8. The first-order valence-electron chi connectivity index (χ1n) is 25.7. The van der Waals surface area contributed by atoms with E-state index in [1.54, 1.807) is 0 Å². The molecule has 18 atom stereocenters. The molecule has 2 aromatic carbocycles. The molecule has 71 heavy (non-hydrogen) atoms. The largest absolute Gasteiger partial charge is 2.00 e. The van der Waals surface area contributed by atoms with Crippen LogP contribution in [0.2, 0.25) is 0 Å². The number of carboxylic acid groups (broad SMARTS) is 2. The van der Waals surface area contributed by atoms with Crippen molar-refractivity contribution in [1.82, 2.24) is 42.5 Å². The van der Waals surface area contributed by atoms with Crippen LogP contribution in [0.3, 0.4) is 0 Å². The van der Waals surface area contributed by atoms with E-state index in [1.165, 1.54) is 61.4 Å². The van der Waals surface area contributed by atoms with Gasteiger partial charge in [-0.1, -0.05) is 38.5 Å². The van der Waals surface area contributed by atoms with Gasteiger partial charge in [0.15, 0.2) is 0 Å². The zero-order chi connectivity index (χ0) is 48.6. The number of carboxylic acids is 2. The van der Waals surface area contributed by atoms with Crippen LogP contribution in [0.25, 0.3) is 0 Å². The van der Waals surface area contributed by atoms with Crippen LogP contribution in [0.5, 0.6) is 11.5 Å². The number of phenols is 2. The average molecular weight is 1070 g/mol. The van der Waals surface area contributed by atoms with E-state index in [4.69, 9.17) is 0 Å². The Kier molecular flexibility index (Phi) is 14.7. The minimum atomic E-state index is -5.08. The molecule has 5 aliphatic heterocycles. The van der Waals surface area contributed by atoms with Gasteiger partial charge in [0.25, 0.3) is 0 Å². The van der Waals surface area contributed by atoms with Crippen LogP contribution in [-0.2, 0) is 46.4 Å². The first kappa shape index (κ1) is 51.2. The number of aliphatic carboxylic acids is 2. The van der Waals surface area contributed by atoms with Crippen LogP contribution in [0.4, 0.5) is 11.4 Å². The summed E-state index contributed by atoms with van der Waals surface area (Å²) in [7, 11) is -10.0. The van der Waals surface area contributed by atoms with Gasteiger partial charge < -0.3 is 30.0 Å². The van der Waals surface area contributed by atoms with Crippen LogP contribution in [-0.4, -0.2) is 112 Å². The second-order valence-corrected chi connectivity index (χ2v) is 25.8. The van der Waals surface area contributed by atoms with Gasteiger partial charge in [-0.2, -0.15) is 0 Å². The number of carbonyl (C=O) groups is 2. The molecule has 0 amide bonds. The standard InChI is InChI=1S/C48H70N10O10S2.Co/c59-27-17-13-25(14-18-27)57(23-37(61)62)69(65,66)36-22-21-35-39(40(36)70(67,68)58(24-38(63)64)26-15-19-28(60)20-16-26)48-55-46-34-12-6-5-11-33(34)44(53-46)51-42-30-8-2-1-7-29(30)41(49-42)50-43-31-9-3-4-10-32(31)45(52-43)54-47(35)56-48;/h13-20,29-36,39-56,59-60H,1-12,21-24H2,(H,61,62)(H,63,64);/q;+2/p-2. The fourth-order valence-electron chi connectivity index (χ4n) is 15.1. The zero-order valence-electron chi connectivity index (χ0n) is 39.5. The number of phenolic OH excluding ortho intramolecular Hbond substituents is 2. The third-order valence-corrected chi connectivity index (χ3v) is 22.8. The quantitative estimate of drug-likeness (QED) is 0.139. The topological polar surface area (TPSA) is 292 Å². The maximum absolute atomic E-state index is 16.0. The Bertz CT molecular complexity index is 2480. The number of aromatic hydroxyl groups is 2. The van der Waals surface area contributed by atoms with E-state index in [1.807, 2.05) is 0 Å². The molecule has 0 spiro atoms. The van der Waals surface area contributed by atoms with Crippen molar-refractivity contribution >= 4 is 43.4 Å². The predicted octanol–water partition coefficient (Wildman–Crippen LogP) is -0.856. The van der Waals surface area contributed by atoms with Crippen molar-refractivity contribution in [3.05, 3.63) is 48.5 Å². The molecule has 20 nitrogen and oxygen atoms in total. The number of sulfonamides is 2. The maximum Gasteiger partial charge on any atom is 2.00 e. The maximum atomic E-state index is 16.0. The Morgan fingerprint density at radius 1 is 0.451 bits per heavy atom. The molecule has 4 saturated carbocycles. The second kappa shape index (κ2) is 20.4. The van der Waals surface area contributed by atoms with Gasteiger partial charge in [0, 0.05) is 5.92 Å². The number of hydrogen-bond donors (Lipinski definition) is 10. The molecule has 5 heterocycles. The summed E-state index contributed by atoms with van der Waals surface area (Å²) in [4.78, 5) is 25.1. The van der Waals surface area contributed by atoms with Gasteiger partial charge >= 0.3 is 16.8 Å². The summed E-state index contributed by atoms with van der Waals surface area (Å²) in [5.74, 6) is -3.54. The smallest absolute Gasteiger partial charge is 0.548 e. The Balaban J connectivity index is 0.00000582. The van der Waals surface area contributed by atoms with Crippen LogP contribution >= 0.6 is 0 Å². The number of fused-ring (bicyclic) bond motifs is 20. The zero-order valence-corrected chi connectivity index (χ0v) is 42.2. The summed E-state index contributed by atoms with van der Waals surface area (Å²) in [5.41, 5.74) is -0.253. The fourth-order valence-corrected chi connectivity index (χ4v) is 20.2. The van der Waals surface area contributed by atoms with Gasteiger partial charge in [-0.3, -0.25) is 51.1 Å². The normalized spacial score (nSPS) is 39.7. The van der Waals surface area contributed by atoms with Gasteiger partial charge in [-0.05, 0) is 141 Å². The van der Waals surface area contributed by atoms with E-state index in [0.717, 1.165) is 64.2 Å². The van der Waals surface area contributed by atoms with Crippen molar-refractivity contribution in [2.45, 2.75) is 150 Å². The molecular formula is C48H68CoN10O10S2. The van der Waals surface area contributed by atoms with Crippen LogP contribution in [0.15, 0.2) is 48.5 Å². The Morgan fingerprint density at radius 3 is 1.07 bits per heavy atom. The van der Waals surface area contributed by atoms with Crippen molar-refractivity contribution in [3.63, 3.8) is 0 Å². The van der Waals surface area contributed by atoms with Crippen molar-refractivity contribution < 1.29 is 63.6 Å². The number of benzene rings is 2. The first-order valence-corrected chi connectivity index (χ1v) is 28.8. The molecule has 391 valence electrons. The monoisotopic (exact) mass is 1070 g/mol. The molecular weight excluding hydrogens is 1000 g/mol. The molecule has 8 bridgehead atoms. The Hall–Kier alpha value is -3.33. The Morgan fingerprint density at radius 2 is 0.746 bits per heavy atom. The predicted molar refractivity (Wildman–Crippen MR) is 254 cm³/mol. The van der Waals surface area contributed by atoms with Crippen molar-refractivity contribution in [1.29, 1.82) is 0 Å². The van der Waals surface area contributed by atoms with E-state index in [2.05, 4.69) is 42.5 Å². The number of anilines is 2. The molecule has 9 fully saturated rings. The third-order valence-electron chi connectivity index (χ3n) is 18.1. The Labute approximate surface area is 426 Å². The van der Waals surface area contributed by atoms with E-state index in [0.29, 0.717) is 26.4 Å². The summed E-state index contributed by atoms with van der Waals surface area (Å²) in [6.45, 7) is -2.31. The van der Waals surface area contributed by atoms with Gasteiger partial charge in [-0.25, -0.2) is 16.8 Å². The van der Waals surface area contributed by atoms with E-state index in [-0.39, 0.29) is 107 Å². The average Bonchev–Trinajstić information content (AvgIpc) is 4.08. The van der Waals surface area contributed by atoms with E-state index >= 15 is 16.8 Å². The summed E-state index contributed by atoms with van der Waals surface area (Å²) in [6, 6.07) is 9.85. The minimum absolute atomic E-state index is 0. The molecule has 2 aromatic rings. The van der Waals surface area contributed by atoms with Gasteiger partial charge in [-0.15, -0.1) is 0 Å². The van der Waals surface area contributed by atoms with Crippen molar-refractivity contribution in [3.8, 4) is 11.5 Å². The molecule has 11 rings (SSSR count). The molecule has 5 saturated heterocycles. The summed E-state index contributed by atoms with van der Waals surface area (Å²) < 4.78 is 64.3. The fraction of sp³-hybridized carbons (Fsp3) is 0.708. The minimum Gasteiger partial charge on any atom is -0.548 e. The second-order valence-electron chi connectivity index (χ2n) is 21.7. The van der Waals surface area contributed by atoms with Crippen molar-refractivity contribution in [2.75, 3.05) is 21.7 Å².